The molecular weight excluding hydrogens is 276 g/mol. The van der Waals surface area contributed by atoms with Crippen molar-refractivity contribution in [2.75, 3.05) is 6.54 Å². The molecule has 0 aliphatic rings. The first-order valence-electron chi connectivity index (χ1n) is 5.75. The van der Waals surface area contributed by atoms with Gasteiger partial charge in [-0.2, -0.15) is 13.2 Å². The summed E-state index contributed by atoms with van der Waals surface area (Å²) in [6.45, 7) is 0.143. The maximum Gasteiger partial charge on any atom is 0.419 e. The quantitative estimate of drug-likeness (QED) is 0.853. The van der Waals surface area contributed by atoms with Crippen molar-refractivity contribution in [1.29, 1.82) is 0 Å². The highest BCUT2D eigenvalue weighted by atomic mass is 19.4. The Hall–Kier alpha value is -1.86. The zero-order valence-electron chi connectivity index (χ0n) is 10.2. The summed E-state index contributed by atoms with van der Waals surface area (Å²) in [6, 6.07) is 5.13. The lowest BCUT2D eigenvalue weighted by Gasteiger charge is -2.09. The predicted octanol–water partition coefficient (Wildman–Crippen LogP) is 3.06. The minimum Gasteiger partial charge on any atom is -0.459 e. The van der Waals surface area contributed by atoms with Gasteiger partial charge in [-0.15, -0.1) is 0 Å². The van der Waals surface area contributed by atoms with Crippen LogP contribution in [0.2, 0.25) is 0 Å². The number of hydrogen-bond donors (Lipinski definition) is 2. The summed E-state index contributed by atoms with van der Waals surface area (Å²) in [5.74, 6) is -0.790. The van der Waals surface area contributed by atoms with Gasteiger partial charge in [0.15, 0.2) is 0 Å². The molecule has 7 heteroatoms. The molecule has 0 aliphatic heterocycles. The summed E-state index contributed by atoms with van der Waals surface area (Å²) in [4.78, 5) is 0. The van der Waals surface area contributed by atoms with Crippen LogP contribution in [0, 0.1) is 5.82 Å². The van der Waals surface area contributed by atoms with Gasteiger partial charge < -0.3 is 15.9 Å². The van der Waals surface area contributed by atoms with Crippen LogP contribution in [0.4, 0.5) is 17.6 Å². The van der Waals surface area contributed by atoms with E-state index in [4.69, 9.17) is 15.9 Å². The highest BCUT2D eigenvalue weighted by Gasteiger charge is 2.34. The Morgan fingerprint density at radius 2 is 1.85 bits per heavy atom. The molecule has 0 radical (unpaired) electrons. The molecule has 1 aromatic carbocycles. The van der Waals surface area contributed by atoms with Crippen molar-refractivity contribution in [3.8, 4) is 11.3 Å². The number of alkyl halides is 3. The molecule has 1 aromatic heterocycles. The van der Waals surface area contributed by atoms with Crippen LogP contribution in [0.25, 0.3) is 11.3 Å². The van der Waals surface area contributed by atoms with Gasteiger partial charge in [0.05, 0.1) is 11.6 Å². The first-order valence-corrected chi connectivity index (χ1v) is 5.75. The summed E-state index contributed by atoms with van der Waals surface area (Å²) in [5, 5.41) is 0. The Morgan fingerprint density at radius 3 is 2.45 bits per heavy atom. The van der Waals surface area contributed by atoms with Crippen LogP contribution in [0.1, 0.15) is 17.4 Å². The van der Waals surface area contributed by atoms with Gasteiger partial charge in [-0.25, -0.2) is 4.39 Å². The zero-order chi connectivity index (χ0) is 14.9. The van der Waals surface area contributed by atoms with E-state index >= 15 is 0 Å². The topological polar surface area (TPSA) is 65.2 Å². The van der Waals surface area contributed by atoms with E-state index in [1.165, 1.54) is 18.2 Å². The maximum atomic E-state index is 13.2. The molecule has 20 heavy (non-hydrogen) atoms. The van der Waals surface area contributed by atoms with Crippen molar-refractivity contribution in [3.63, 3.8) is 0 Å². The lowest BCUT2D eigenvalue weighted by atomic mass is 10.1. The van der Waals surface area contributed by atoms with E-state index in [2.05, 4.69) is 0 Å². The van der Waals surface area contributed by atoms with Crippen molar-refractivity contribution < 1.29 is 22.0 Å². The molecule has 1 atom stereocenters. The molecule has 0 fully saturated rings. The molecule has 0 spiro atoms. The number of furan rings is 1. The van der Waals surface area contributed by atoms with Gasteiger partial charge in [-0.05, 0) is 30.3 Å². The minimum absolute atomic E-state index is 0.120. The highest BCUT2D eigenvalue weighted by molar-refractivity contribution is 5.59. The predicted molar refractivity (Wildman–Crippen MR) is 65.1 cm³/mol. The monoisotopic (exact) mass is 288 g/mol. The van der Waals surface area contributed by atoms with Crippen LogP contribution < -0.4 is 11.5 Å². The number of rotatable bonds is 3. The number of benzene rings is 1. The Labute approximate surface area is 112 Å². The summed E-state index contributed by atoms with van der Waals surface area (Å²) in [6.07, 6.45) is -4.76. The van der Waals surface area contributed by atoms with Crippen LogP contribution in [0.3, 0.4) is 0 Å². The van der Waals surface area contributed by atoms with E-state index in [0.29, 0.717) is 11.8 Å². The Kier molecular flexibility index (Phi) is 3.82. The van der Waals surface area contributed by atoms with E-state index in [1.807, 2.05) is 0 Å². The van der Waals surface area contributed by atoms with Gasteiger partial charge >= 0.3 is 6.18 Å². The Balaban J connectivity index is 2.41. The summed E-state index contributed by atoms with van der Waals surface area (Å²) < 4.78 is 56.4. The van der Waals surface area contributed by atoms with Crippen LogP contribution in [0.15, 0.2) is 34.7 Å². The second-order valence-electron chi connectivity index (χ2n) is 4.24. The van der Waals surface area contributed by atoms with E-state index in [9.17, 15) is 17.6 Å². The fraction of sp³-hybridized carbons (Fsp3) is 0.231. The molecule has 0 saturated heterocycles. The van der Waals surface area contributed by atoms with Crippen molar-refractivity contribution in [3.05, 3.63) is 47.5 Å². The van der Waals surface area contributed by atoms with Gasteiger partial charge in [0.1, 0.15) is 17.3 Å². The number of halogens is 4. The second kappa shape index (κ2) is 5.26. The van der Waals surface area contributed by atoms with E-state index < -0.39 is 23.6 Å². The molecule has 0 aliphatic carbocycles. The van der Waals surface area contributed by atoms with E-state index in [-0.39, 0.29) is 17.9 Å². The summed E-state index contributed by atoms with van der Waals surface area (Å²) >= 11 is 0. The summed E-state index contributed by atoms with van der Waals surface area (Å²) in [7, 11) is 0. The van der Waals surface area contributed by atoms with Gasteiger partial charge in [-0.1, -0.05) is 0 Å². The lowest BCUT2D eigenvalue weighted by molar-refractivity contribution is -0.139. The third-order valence-electron chi connectivity index (χ3n) is 2.80. The Morgan fingerprint density at radius 1 is 1.15 bits per heavy atom. The largest absolute Gasteiger partial charge is 0.459 e. The van der Waals surface area contributed by atoms with E-state index in [0.717, 1.165) is 6.07 Å². The minimum atomic E-state index is -4.76. The SMILES string of the molecule is NCC(N)c1ccc(-c2ccc(F)c(C(F)(F)F)c2)o1. The fourth-order valence-corrected chi connectivity index (χ4v) is 1.72. The van der Waals surface area contributed by atoms with Gasteiger partial charge in [-0.3, -0.25) is 0 Å². The molecule has 0 bridgehead atoms. The third-order valence-corrected chi connectivity index (χ3v) is 2.80. The number of nitrogens with two attached hydrogens (primary N) is 2. The molecule has 0 saturated carbocycles. The lowest BCUT2D eigenvalue weighted by Crippen LogP contribution is -2.19. The van der Waals surface area contributed by atoms with Gasteiger partial charge in [0.2, 0.25) is 0 Å². The van der Waals surface area contributed by atoms with Crippen LogP contribution in [-0.4, -0.2) is 6.54 Å². The molecule has 0 amide bonds. The first kappa shape index (κ1) is 14.5. The van der Waals surface area contributed by atoms with Gasteiger partial charge in [0.25, 0.3) is 0 Å². The molecule has 1 heterocycles. The second-order valence-corrected chi connectivity index (χ2v) is 4.24. The standard InChI is InChI=1S/C13H12F4N2O/c14-9-2-1-7(5-8(9)13(15,16)17)11-3-4-12(20-11)10(19)6-18/h1-5,10H,6,18-19H2. The van der Waals surface area contributed by atoms with Crippen LogP contribution in [-0.2, 0) is 6.18 Å². The maximum absolute atomic E-state index is 13.2. The molecular formula is C13H12F4N2O. The van der Waals surface area contributed by atoms with Gasteiger partial charge in [0, 0.05) is 12.1 Å². The summed E-state index contributed by atoms with van der Waals surface area (Å²) in [5.41, 5.74) is 9.80. The highest BCUT2D eigenvalue weighted by Crippen LogP contribution is 2.34. The van der Waals surface area contributed by atoms with Crippen molar-refractivity contribution in [2.45, 2.75) is 12.2 Å². The van der Waals surface area contributed by atoms with Crippen LogP contribution >= 0.6 is 0 Å². The zero-order valence-corrected chi connectivity index (χ0v) is 10.2. The molecule has 1 unspecified atom stereocenters. The average molecular weight is 288 g/mol. The molecule has 2 rings (SSSR count). The third kappa shape index (κ3) is 2.83. The van der Waals surface area contributed by atoms with Crippen molar-refractivity contribution >= 4 is 0 Å². The first-order chi connectivity index (χ1) is 9.32. The number of hydrogen-bond acceptors (Lipinski definition) is 3. The van der Waals surface area contributed by atoms with Crippen LogP contribution in [0.5, 0.6) is 0 Å². The molecule has 108 valence electrons. The molecule has 3 nitrogen and oxygen atoms in total. The molecule has 2 aromatic rings. The average Bonchev–Trinajstić information content (AvgIpc) is 2.86. The fourth-order valence-electron chi connectivity index (χ4n) is 1.72. The van der Waals surface area contributed by atoms with Crippen molar-refractivity contribution in [2.24, 2.45) is 11.5 Å². The van der Waals surface area contributed by atoms with E-state index in [1.54, 1.807) is 0 Å². The molecule has 4 N–H and O–H groups in total. The Bertz CT molecular complexity index is 607. The smallest absolute Gasteiger partial charge is 0.419 e. The van der Waals surface area contributed by atoms with Crippen molar-refractivity contribution in [1.82, 2.24) is 0 Å². The normalized spacial score (nSPS) is 13.5.